The Morgan fingerprint density at radius 3 is 1.30 bits per heavy atom. The zero-order valence-electron chi connectivity index (χ0n) is 83.2. The number of hydrogen-bond donors (Lipinski definition) is 7. The highest BCUT2D eigenvalue weighted by molar-refractivity contribution is 6.35. The molecule has 0 saturated carbocycles. The lowest BCUT2D eigenvalue weighted by atomic mass is 9.96. The molecule has 4 atom stereocenters. The maximum atomic E-state index is 15.2. The van der Waals surface area contributed by atoms with Gasteiger partial charge in [-0.1, -0.05) is 75.0 Å². The summed E-state index contributed by atoms with van der Waals surface area (Å²) in [5.74, 6) is -7.58. The molecular weight excluding hydrogens is 1960 g/mol. The van der Waals surface area contributed by atoms with Crippen LogP contribution >= 0.6 is 11.6 Å². The number of benzene rings is 4. The molecule has 0 bridgehead atoms. The summed E-state index contributed by atoms with van der Waals surface area (Å²) < 4.78 is 75.8. The topological polar surface area (TPSA) is 588 Å². The number of ether oxygens (including phenoxy) is 5. The number of carbonyl (C=O) groups excluding carboxylic acids is 12. The Balaban J connectivity index is 0.000000170. The van der Waals surface area contributed by atoms with Crippen molar-refractivity contribution in [2.24, 2.45) is 46.6 Å². The first kappa shape index (κ1) is 111. The molecule has 46 heteroatoms. The van der Waals surface area contributed by atoms with E-state index in [4.69, 9.17) is 58.2 Å². The maximum Gasteiger partial charge on any atom is 0.417 e. The zero-order chi connectivity index (χ0) is 108. The summed E-state index contributed by atoms with van der Waals surface area (Å²) in [6.45, 7) is 27.0. The standard InChI is InChI=1S/C31H32FN7O6.C21H16FN7O2.C19H15ClFN3O3.C19H24N4O3.C12H18N4O3.2CH4/c1-30(2,3)44-28(42)37-13-17(26(34)40)10-19-23(37)15-39(36-19)22-11-20(24-16(12-33)8-7-9-18(24)32)35-21-14-38(27(41)25(21)22)29(43)45-31(4,5)6;22-12-3-1-2-10(6-23)18(12)14-5-17(19-15(27-14)8-26-21(19)31)29-9-16-13(28-29)4-11(7-25-16)20(24)30;1-19(2,3)27-18(26)24-9-14-16(17(24)25)11(20)7-13(23-14)15-10(8-22)5-4-6-12(15)21;1-19(2,3)26-18(25)22-12-14(17(20)24)9-15-16(22)10-21-23(15)11-13-7-5-4-6-8-13;1-12(2,3)19-11(18)16-6-7(10(13)17)4-8-9(16)5-14-15-8;;/h7-9,11,15,17H,10,13-14H2,1-6H3,(H2,34,40);1-3,5,9,11,25H,4,7-8H2,(H2,24,30)(H,26,31);4-7H,9H2,1-3H3;4-8,10,14H,9,11-12H2,1-3H3,(H2,20,24);5,7H,4,6H2,1-3H3,(H2,13,17)(H,14,15);2*1H4. The monoisotopic (exact) mass is 2080 g/mol. The van der Waals surface area contributed by atoms with Crippen LogP contribution in [0.2, 0.25) is 5.02 Å². The molecule has 150 heavy (non-hydrogen) atoms. The molecule has 0 aliphatic carbocycles. The molecule has 784 valence electrons. The minimum absolute atomic E-state index is 0. The predicted molar refractivity (Wildman–Crippen MR) is 540 cm³/mol. The first-order chi connectivity index (χ1) is 69.6. The minimum Gasteiger partial charge on any atom is -0.443 e. The Labute approximate surface area is 865 Å². The Bertz CT molecular complexity index is 7350. The largest absolute Gasteiger partial charge is 0.443 e. The van der Waals surface area contributed by atoms with Crippen LogP contribution in [-0.4, -0.2) is 190 Å². The van der Waals surface area contributed by atoms with Gasteiger partial charge in [0, 0.05) is 51.9 Å². The summed E-state index contributed by atoms with van der Waals surface area (Å²) in [4.78, 5) is 168. The van der Waals surface area contributed by atoms with Gasteiger partial charge in [0.25, 0.3) is 17.7 Å². The highest BCUT2D eigenvalue weighted by Gasteiger charge is 2.45. The van der Waals surface area contributed by atoms with E-state index in [0.29, 0.717) is 77.7 Å². The van der Waals surface area contributed by atoms with Crippen molar-refractivity contribution in [3.63, 3.8) is 0 Å². The van der Waals surface area contributed by atoms with Gasteiger partial charge >= 0.3 is 30.5 Å². The van der Waals surface area contributed by atoms with E-state index in [1.165, 1.54) is 97.0 Å². The van der Waals surface area contributed by atoms with E-state index < -0.39 is 129 Å². The second-order valence-electron chi connectivity index (χ2n) is 40.3. The number of primary amides is 4. The number of fused-ring (bicyclic) bond motifs is 7. The number of nitriles is 3. The first-order valence-electron chi connectivity index (χ1n) is 46.5. The number of amides is 12. The van der Waals surface area contributed by atoms with Gasteiger partial charge in [-0.05, 0) is 164 Å². The molecule has 7 aliphatic heterocycles. The van der Waals surface area contributed by atoms with Crippen LogP contribution in [0, 0.1) is 75.1 Å². The van der Waals surface area contributed by atoms with Gasteiger partial charge in [-0.15, -0.1) is 0 Å². The summed E-state index contributed by atoms with van der Waals surface area (Å²) >= 11 is 6.23. The molecule has 11 aromatic rings. The zero-order valence-corrected chi connectivity index (χ0v) is 84.0. The molecule has 0 saturated heterocycles. The Kier molecular flexibility index (Phi) is 32.7. The number of rotatable bonds is 11. The smallest absolute Gasteiger partial charge is 0.417 e. The highest BCUT2D eigenvalue weighted by Crippen LogP contribution is 2.42. The molecule has 7 aliphatic rings. The molecule has 7 aromatic heterocycles. The third-order valence-corrected chi connectivity index (χ3v) is 23.8. The van der Waals surface area contributed by atoms with Crippen molar-refractivity contribution in [3.05, 3.63) is 229 Å². The SMILES string of the molecule is C.C.CC(C)(C)OC(=O)N1CC(C(N)=O)Cc2[nH]ncc21.CC(C)(C)OC(=O)N1CC(C(N)=O)Cc2c1cnn2Cc1ccccc1.CC(C)(C)OC(=O)N1Cc2nc(-c3c(F)cccc3C#N)cc(-n3cc4c(n3)CC(C(N)=O)CN4C(=O)OC(C)(C)C)c2C1=O.CC(C)(C)OC(=O)N1Cc2nc(-c3c(F)cccc3C#N)cc(Cl)c2C1=O.N#Cc1cccc(F)c1-c1cc(-n2cc3c(n2)CC(C(N)=O)CN3)c2c(n1)CNC2=O. The highest BCUT2D eigenvalue weighted by atomic mass is 35.5. The molecule has 42 nitrogen and oxygen atoms in total. The molecule has 4 aromatic carbocycles. The van der Waals surface area contributed by atoms with Gasteiger partial charge in [-0.2, -0.15) is 36.2 Å². The van der Waals surface area contributed by atoms with Crippen molar-refractivity contribution >= 4 is 106 Å². The molecule has 12 amide bonds. The number of carbonyl (C=O) groups is 12. The lowest BCUT2D eigenvalue weighted by molar-refractivity contribution is -0.122. The maximum absolute atomic E-state index is 15.2. The molecule has 11 N–H and O–H groups in total. The van der Waals surface area contributed by atoms with Crippen molar-refractivity contribution in [1.29, 1.82) is 15.8 Å². The number of H-pyrrole nitrogens is 1. The number of nitrogens with one attached hydrogen (secondary N) is 3. The second-order valence-corrected chi connectivity index (χ2v) is 40.7. The quantitative estimate of drug-likeness (QED) is 0.0591. The number of pyridine rings is 3. The van der Waals surface area contributed by atoms with Crippen LogP contribution in [0.1, 0.15) is 212 Å². The van der Waals surface area contributed by atoms with Crippen molar-refractivity contribution in [2.45, 2.75) is 199 Å². The van der Waals surface area contributed by atoms with Crippen LogP contribution in [0.15, 0.2) is 128 Å². The average molecular weight is 2080 g/mol. The Morgan fingerprint density at radius 1 is 0.433 bits per heavy atom. The normalized spacial score (nSPS) is 16.0. The van der Waals surface area contributed by atoms with Gasteiger partial charge in [0.1, 0.15) is 45.5 Å². The third-order valence-electron chi connectivity index (χ3n) is 23.5. The minimum atomic E-state index is -0.901. The summed E-state index contributed by atoms with van der Waals surface area (Å²) in [7, 11) is 0. The Hall–Kier alpha value is -17.4. The number of aromatic nitrogens is 11. The molecule has 0 fully saturated rings. The molecule has 0 spiro atoms. The summed E-state index contributed by atoms with van der Waals surface area (Å²) in [6, 6.07) is 32.3. The van der Waals surface area contributed by atoms with Gasteiger partial charge in [-0.25, -0.2) is 71.3 Å². The number of anilines is 4. The predicted octanol–water partition coefficient (Wildman–Crippen LogP) is 14.2. The van der Waals surface area contributed by atoms with Crippen molar-refractivity contribution < 1.29 is 94.4 Å². The fraction of sp³-hybridized carbons (Fsp3) is 0.365. The van der Waals surface area contributed by atoms with E-state index in [0.717, 1.165) is 32.4 Å². The van der Waals surface area contributed by atoms with Gasteiger partial charge in [0.05, 0.1) is 239 Å². The molecule has 18 rings (SSSR count). The summed E-state index contributed by atoms with van der Waals surface area (Å²) in [6.07, 6.45) is 4.35. The van der Waals surface area contributed by atoms with Gasteiger partial charge in [0.2, 0.25) is 23.6 Å². The number of hydrogen-bond acceptors (Lipinski definition) is 28. The first-order valence-corrected chi connectivity index (χ1v) is 46.9. The van der Waals surface area contributed by atoms with Crippen molar-refractivity contribution in [2.75, 3.05) is 46.2 Å². The lowest BCUT2D eigenvalue weighted by Crippen LogP contribution is -2.46. The van der Waals surface area contributed by atoms with E-state index in [-0.39, 0.29) is 156 Å². The van der Waals surface area contributed by atoms with E-state index >= 15 is 4.39 Å². The summed E-state index contributed by atoms with van der Waals surface area (Å²) in [5, 5.41) is 54.5. The van der Waals surface area contributed by atoms with Crippen LogP contribution < -0.4 is 48.3 Å². The lowest BCUT2D eigenvalue weighted by Gasteiger charge is -2.33. The number of halogens is 4. The number of nitrogens with zero attached hydrogens (tertiary/aromatic N) is 18. The number of nitrogens with two attached hydrogens (primary N) is 4. The molecule has 14 heterocycles. The molecular formula is C104H113ClF3N25O17. The van der Waals surface area contributed by atoms with Crippen molar-refractivity contribution in [3.8, 4) is 63.4 Å². The van der Waals surface area contributed by atoms with Gasteiger partial charge < -0.3 is 57.3 Å². The van der Waals surface area contributed by atoms with E-state index in [9.17, 15) is 82.1 Å². The summed E-state index contributed by atoms with van der Waals surface area (Å²) in [5.41, 5.74) is 26.4. The fourth-order valence-corrected chi connectivity index (χ4v) is 17.1. The third kappa shape index (κ3) is 24.9. The second kappa shape index (κ2) is 44.1. The molecule has 4 unspecified atom stereocenters. The van der Waals surface area contributed by atoms with Gasteiger partial charge in [0.15, 0.2) is 0 Å². The van der Waals surface area contributed by atoms with Crippen LogP contribution in [0.25, 0.3) is 45.1 Å². The van der Waals surface area contributed by atoms with E-state index in [1.807, 2.05) is 53.2 Å². The van der Waals surface area contributed by atoms with Gasteiger partial charge in [-0.3, -0.25) is 58.0 Å². The van der Waals surface area contributed by atoms with Crippen molar-refractivity contribution in [1.82, 2.24) is 69.6 Å². The number of aromatic amines is 1. The van der Waals surface area contributed by atoms with E-state index in [2.05, 4.69) is 51.1 Å². The Morgan fingerprint density at radius 2 is 0.833 bits per heavy atom. The number of imide groups is 2. The van der Waals surface area contributed by atoms with E-state index in [1.54, 1.807) is 129 Å². The van der Waals surface area contributed by atoms with Crippen LogP contribution in [0.4, 0.5) is 59.9 Å². The average Bonchev–Trinajstić information content (AvgIpc) is 1.59. The molecule has 0 radical (unpaired) electrons. The van der Waals surface area contributed by atoms with Crippen LogP contribution in [0.5, 0.6) is 0 Å². The van der Waals surface area contributed by atoms with Crippen LogP contribution in [-0.2, 0) is 94.7 Å². The van der Waals surface area contributed by atoms with Crippen LogP contribution in [0.3, 0.4) is 0 Å². The fourth-order valence-electron chi connectivity index (χ4n) is 16.9.